The minimum Gasteiger partial charge on any atom is -0.494 e. The number of aliphatic hydroxyl groups is 1. The number of piperazine rings is 1. The molecule has 1 saturated heterocycles. The Morgan fingerprint density at radius 1 is 0.758 bits per heavy atom. The average Bonchev–Trinajstić information content (AvgIpc) is 3.15. The van der Waals surface area contributed by atoms with E-state index in [-0.39, 0.29) is 0 Å². The summed E-state index contributed by atoms with van der Waals surface area (Å²) in [5.74, 6) is 0.934. The molecule has 1 atom stereocenters. The molecule has 5 nitrogen and oxygen atoms in total. The van der Waals surface area contributed by atoms with E-state index >= 15 is 0 Å². The average molecular weight is 444 g/mol. The Morgan fingerprint density at radius 2 is 1.33 bits per heavy atom. The summed E-state index contributed by atoms with van der Waals surface area (Å²) >= 11 is 0. The number of ether oxygens (including phenoxy) is 1. The van der Waals surface area contributed by atoms with Crippen molar-refractivity contribution in [1.82, 2.24) is 14.4 Å². The maximum Gasteiger partial charge on any atom is 0.119 e. The molecule has 0 saturated carbocycles. The first-order chi connectivity index (χ1) is 16.2. The van der Waals surface area contributed by atoms with Gasteiger partial charge in [-0.15, -0.1) is 0 Å². The standard InChI is InChI=1S/C28H33N3O2/c1-2-33-24-13-11-22(12-14-24)19-29-15-17-30(18-16-29)20-23(32)21-31-27-9-5-3-7-25(27)26-8-4-6-10-28(26)31/h3-14,23,32H,2,15-21H2,1H3/t23-/m0/s1. The van der Waals surface area contributed by atoms with Crippen molar-refractivity contribution in [1.29, 1.82) is 0 Å². The van der Waals surface area contributed by atoms with Crippen LogP contribution in [-0.2, 0) is 13.1 Å². The smallest absolute Gasteiger partial charge is 0.119 e. The molecular weight excluding hydrogens is 410 g/mol. The lowest BCUT2D eigenvalue weighted by molar-refractivity contribution is 0.0634. The molecule has 4 aromatic rings. The third-order valence-electron chi connectivity index (χ3n) is 6.65. The normalized spacial score (nSPS) is 16.4. The van der Waals surface area contributed by atoms with Gasteiger partial charge in [-0.25, -0.2) is 0 Å². The summed E-state index contributed by atoms with van der Waals surface area (Å²) in [6.45, 7) is 9.01. The number of β-amino-alcohol motifs (C(OH)–C–C–N with tert-alkyl or cyclic N) is 1. The molecule has 0 unspecified atom stereocenters. The largest absolute Gasteiger partial charge is 0.494 e. The second-order valence-corrected chi connectivity index (χ2v) is 8.95. The van der Waals surface area contributed by atoms with Crippen molar-refractivity contribution < 1.29 is 9.84 Å². The molecule has 1 aromatic heterocycles. The zero-order chi connectivity index (χ0) is 22.6. The van der Waals surface area contributed by atoms with E-state index in [2.05, 4.69) is 87.2 Å². The fraction of sp³-hybridized carbons (Fsp3) is 0.357. The molecular formula is C28H33N3O2. The van der Waals surface area contributed by atoms with Crippen molar-refractivity contribution >= 4 is 21.8 Å². The van der Waals surface area contributed by atoms with Crippen molar-refractivity contribution in [2.45, 2.75) is 26.1 Å². The Morgan fingerprint density at radius 3 is 1.94 bits per heavy atom. The number of rotatable bonds is 8. The van der Waals surface area contributed by atoms with Crippen LogP contribution in [-0.4, -0.2) is 64.9 Å². The fourth-order valence-electron chi connectivity index (χ4n) is 5.01. The maximum atomic E-state index is 11.0. The quantitative estimate of drug-likeness (QED) is 0.439. The highest BCUT2D eigenvalue weighted by atomic mass is 16.5. The fourth-order valence-corrected chi connectivity index (χ4v) is 5.01. The van der Waals surface area contributed by atoms with E-state index in [1.54, 1.807) is 0 Å². The highest BCUT2D eigenvalue weighted by Crippen LogP contribution is 2.29. The van der Waals surface area contributed by atoms with Crippen LogP contribution in [0, 0.1) is 0 Å². The molecule has 0 radical (unpaired) electrons. The number of benzene rings is 3. The van der Waals surface area contributed by atoms with Crippen LogP contribution in [0.4, 0.5) is 0 Å². The Balaban J connectivity index is 1.17. The summed E-state index contributed by atoms with van der Waals surface area (Å²) in [4.78, 5) is 4.89. The Labute approximate surface area is 195 Å². The number of nitrogens with zero attached hydrogens (tertiary/aromatic N) is 3. The molecule has 0 spiro atoms. The second kappa shape index (κ2) is 9.96. The van der Waals surface area contributed by atoms with Crippen molar-refractivity contribution in [3.63, 3.8) is 0 Å². The van der Waals surface area contributed by atoms with Crippen LogP contribution in [0.2, 0.25) is 0 Å². The van der Waals surface area contributed by atoms with E-state index in [1.807, 2.05) is 6.92 Å². The SMILES string of the molecule is CCOc1ccc(CN2CCN(C[C@H](O)Cn3c4ccccc4c4ccccc43)CC2)cc1. The third-order valence-corrected chi connectivity index (χ3v) is 6.65. The highest BCUT2D eigenvalue weighted by Gasteiger charge is 2.20. The van der Waals surface area contributed by atoms with Gasteiger partial charge in [0.15, 0.2) is 0 Å². The van der Waals surface area contributed by atoms with E-state index in [0.717, 1.165) is 38.5 Å². The Kier molecular flexibility index (Phi) is 6.63. The van der Waals surface area contributed by atoms with Crippen LogP contribution < -0.4 is 4.74 Å². The van der Waals surface area contributed by atoms with Gasteiger partial charge in [-0.1, -0.05) is 48.5 Å². The first-order valence-corrected chi connectivity index (χ1v) is 12.0. The molecule has 1 aliphatic heterocycles. The number of aliphatic hydroxyl groups excluding tert-OH is 1. The van der Waals surface area contributed by atoms with Crippen LogP contribution in [0.1, 0.15) is 12.5 Å². The molecule has 3 aromatic carbocycles. The third kappa shape index (κ3) is 4.91. The summed E-state index contributed by atoms with van der Waals surface area (Å²) in [6, 6.07) is 25.4. The van der Waals surface area contributed by atoms with E-state index in [0.29, 0.717) is 19.7 Å². The first kappa shape index (κ1) is 22.0. The molecule has 1 aliphatic rings. The van der Waals surface area contributed by atoms with Crippen LogP contribution in [0.15, 0.2) is 72.8 Å². The molecule has 2 heterocycles. The predicted molar refractivity (Wildman–Crippen MR) is 135 cm³/mol. The van der Waals surface area contributed by atoms with Gasteiger partial charge in [-0.3, -0.25) is 9.80 Å². The van der Waals surface area contributed by atoms with Crippen molar-refractivity contribution in [3.8, 4) is 5.75 Å². The molecule has 0 bridgehead atoms. The van der Waals surface area contributed by atoms with Gasteiger partial charge in [0.2, 0.25) is 0 Å². The van der Waals surface area contributed by atoms with Crippen LogP contribution in [0.5, 0.6) is 5.75 Å². The topological polar surface area (TPSA) is 40.9 Å². The van der Waals surface area contributed by atoms with Crippen molar-refractivity contribution in [2.24, 2.45) is 0 Å². The Bertz CT molecular complexity index is 1140. The molecule has 33 heavy (non-hydrogen) atoms. The second-order valence-electron chi connectivity index (χ2n) is 8.95. The molecule has 172 valence electrons. The summed E-state index contributed by atoms with van der Waals surface area (Å²) < 4.78 is 7.82. The summed E-state index contributed by atoms with van der Waals surface area (Å²) in [5, 5.41) is 13.5. The monoisotopic (exact) mass is 443 g/mol. The molecule has 1 N–H and O–H groups in total. The molecule has 0 aliphatic carbocycles. The summed E-state index contributed by atoms with van der Waals surface area (Å²) in [7, 11) is 0. The first-order valence-electron chi connectivity index (χ1n) is 12.0. The predicted octanol–water partition coefficient (Wildman–Crippen LogP) is 4.37. The minimum atomic E-state index is -0.401. The number of fused-ring (bicyclic) bond motifs is 3. The molecule has 5 heteroatoms. The number of aromatic nitrogens is 1. The van der Waals surface area contributed by atoms with E-state index in [9.17, 15) is 5.11 Å². The summed E-state index contributed by atoms with van der Waals surface area (Å²) in [6.07, 6.45) is -0.401. The van der Waals surface area contributed by atoms with Crippen LogP contribution in [0.25, 0.3) is 21.8 Å². The maximum absolute atomic E-state index is 11.0. The highest BCUT2D eigenvalue weighted by molar-refractivity contribution is 6.07. The zero-order valence-electron chi connectivity index (χ0n) is 19.4. The van der Waals surface area contributed by atoms with Gasteiger partial charge in [-0.2, -0.15) is 0 Å². The lowest BCUT2D eigenvalue weighted by atomic mass is 10.2. The van der Waals surface area contributed by atoms with Gasteiger partial charge in [0.25, 0.3) is 0 Å². The van der Waals surface area contributed by atoms with Crippen molar-refractivity contribution in [3.05, 3.63) is 78.4 Å². The van der Waals surface area contributed by atoms with Gasteiger partial charge in [-0.05, 0) is 36.8 Å². The van der Waals surface area contributed by atoms with E-state index in [1.165, 1.54) is 27.4 Å². The zero-order valence-corrected chi connectivity index (χ0v) is 19.4. The van der Waals surface area contributed by atoms with Crippen molar-refractivity contribution in [2.75, 3.05) is 39.3 Å². The lowest BCUT2D eigenvalue weighted by Crippen LogP contribution is -2.48. The minimum absolute atomic E-state index is 0.401. The Hall–Kier alpha value is -2.86. The number of para-hydroxylation sites is 2. The van der Waals surface area contributed by atoms with Crippen LogP contribution in [0.3, 0.4) is 0 Å². The van der Waals surface area contributed by atoms with Gasteiger partial charge in [0.05, 0.1) is 19.3 Å². The van der Waals surface area contributed by atoms with Gasteiger partial charge in [0, 0.05) is 61.1 Å². The molecule has 0 amide bonds. The van der Waals surface area contributed by atoms with Gasteiger partial charge < -0.3 is 14.4 Å². The summed E-state index contributed by atoms with van der Waals surface area (Å²) in [5.41, 5.74) is 3.70. The van der Waals surface area contributed by atoms with Crippen LogP contribution >= 0.6 is 0 Å². The molecule has 5 rings (SSSR count). The molecule has 1 fully saturated rings. The van der Waals surface area contributed by atoms with E-state index in [4.69, 9.17) is 4.74 Å². The number of hydrogen-bond acceptors (Lipinski definition) is 4. The van der Waals surface area contributed by atoms with Gasteiger partial charge in [0.1, 0.15) is 5.75 Å². The lowest BCUT2D eigenvalue weighted by Gasteiger charge is -2.35. The van der Waals surface area contributed by atoms with Gasteiger partial charge >= 0.3 is 0 Å². The number of hydrogen-bond donors (Lipinski definition) is 1. The van der Waals surface area contributed by atoms with E-state index < -0.39 is 6.10 Å².